The molecule has 0 N–H and O–H groups in total. The molecular weight excluding hydrogens is 1210 g/mol. The maximum absolute atomic E-state index is 5.42. The average Bonchev–Trinajstić information content (AvgIpc) is 1.53. The van der Waals surface area contributed by atoms with Gasteiger partial charge in [-0.15, -0.1) is 0 Å². The first-order chi connectivity index (χ1) is 49.1. The van der Waals surface area contributed by atoms with Crippen molar-refractivity contribution in [3.63, 3.8) is 0 Å². The molecule has 0 saturated carbocycles. The highest BCUT2D eigenvalue weighted by molar-refractivity contribution is 6.16. The molecule has 4 aromatic heterocycles. The first kappa shape index (κ1) is 58.7. The zero-order chi connectivity index (χ0) is 66.8. The first-order valence-electron chi connectivity index (χ1n) is 34.5. The fraction of sp³-hybridized carbons (Fsp3) is 0.0638. The third-order valence-electron chi connectivity index (χ3n) is 21.1. The van der Waals surface area contributed by atoms with Gasteiger partial charge in [0.05, 0.1) is 44.5 Å². The van der Waals surface area contributed by atoms with Crippen LogP contribution in [0.25, 0.3) is 167 Å². The highest BCUT2D eigenvalue weighted by Gasteiger charge is 2.40. The Balaban J connectivity index is 0.000000139. The number of hydrogen-bond donors (Lipinski definition) is 0. The molecule has 20 rings (SSSR count). The smallest absolute Gasteiger partial charge is 0.160 e. The molecule has 0 atom stereocenters. The Bertz CT molecular complexity index is 6320. The monoisotopic (exact) mass is 1280 g/mol. The maximum Gasteiger partial charge on any atom is 0.160 e. The van der Waals surface area contributed by atoms with E-state index in [1.54, 1.807) is 0 Å². The largest absolute Gasteiger partial charge is 0.309 e. The van der Waals surface area contributed by atoms with Gasteiger partial charge in [-0.2, -0.15) is 0 Å². The molecular formula is C94H66N6. The van der Waals surface area contributed by atoms with Crippen molar-refractivity contribution in [3.8, 4) is 101 Å². The van der Waals surface area contributed by atoms with Crippen LogP contribution in [-0.4, -0.2) is 29.1 Å². The predicted molar refractivity (Wildman–Crippen MR) is 415 cm³/mol. The van der Waals surface area contributed by atoms with Gasteiger partial charge >= 0.3 is 0 Å². The van der Waals surface area contributed by atoms with Gasteiger partial charge in [0, 0.05) is 76.8 Å². The van der Waals surface area contributed by atoms with Crippen LogP contribution in [0.1, 0.15) is 49.9 Å². The molecule has 4 heterocycles. The van der Waals surface area contributed by atoms with Crippen molar-refractivity contribution in [1.82, 2.24) is 29.1 Å². The summed E-state index contributed by atoms with van der Waals surface area (Å²) < 4.78 is 4.73. The molecule has 2 aliphatic rings. The lowest BCUT2D eigenvalue weighted by atomic mass is 9.80. The summed E-state index contributed by atoms with van der Waals surface area (Å²) in [7, 11) is 0. The lowest BCUT2D eigenvalue weighted by Crippen LogP contribution is -2.16. The van der Waals surface area contributed by atoms with E-state index in [-0.39, 0.29) is 10.8 Å². The Kier molecular flexibility index (Phi) is 13.5. The summed E-state index contributed by atoms with van der Waals surface area (Å²) in [5.74, 6) is 1.46. The van der Waals surface area contributed by atoms with E-state index >= 15 is 0 Å². The van der Waals surface area contributed by atoms with E-state index < -0.39 is 0 Å². The normalized spacial score (nSPS) is 13.2. The Labute approximate surface area is 580 Å². The van der Waals surface area contributed by atoms with Gasteiger partial charge in [-0.3, -0.25) is 0 Å². The van der Waals surface area contributed by atoms with Crippen LogP contribution >= 0.6 is 0 Å². The average molecular weight is 1280 g/mol. The van der Waals surface area contributed by atoms with Gasteiger partial charge in [0.25, 0.3) is 0 Å². The summed E-state index contributed by atoms with van der Waals surface area (Å²) in [6.07, 6.45) is 0. The van der Waals surface area contributed by atoms with Gasteiger partial charge in [0.1, 0.15) is 0 Å². The number of benzene rings is 14. The van der Waals surface area contributed by atoms with Crippen molar-refractivity contribution in [3.05, 3.63) is 350 Å². The van der Waals surface area contributed by atoms with Crippen LogP contribution < -0.4 is 0 Å². The zero-order valence-corrected chi connectivity index (χ0v) is 55.9. The molecule has 0 amide bonds. The maximum atomic E-state index is 5.42. The SMILES string of the molecule is CC1(C)c2ccccc2-c2ccc3nc(-c4cccc(-c5ccc6c(c5)c5ccccc5n6-c5ccccc5)c4)nc(-c4ccccc4)c3c21.CC1(C)c2ccccc2-c2ccc3nc(-c4cccc(-c5cccc6c5c5ccccc5n6-c5ccccc5)c4)nc(-c4ccccc4)c3c21. The highest BCUT2D eigenvalue weighted by atomic mass is 15.0. The van der Waals surface area contributed by atoms with E-state index in [0.29, 0.717) is 0 Å². The Morgan fingerprint density at radius 1 is 0.240 bits per heavy atom. The summed E-state index contributed by atoms with van der Waals surface area (Å²) in [4.78, 5) is 21.4. The zero-order valence-electron chi connectivity index (χ0n) is 55.9. The minimum Gasteiger partial charge on any atom is -0.309 e. The molecule has 0 bridgehead atoms. The molecule has 0 saturated heterocycles. The van der Waals surface area contributed by atoms with E-state index in [4.69, 9.17) is 19.9 Å². The summed E-state index contributed by atoms with van der Waals surface area (Å²) in [5.41, 5.74) is 29.9. The molecule has 14 aromatic carbocycles. The van der Waals surface area contributed by atoms with E-state index in [9.17, 15) is 0 Å². The molecule has 0 fully saturated rings. The molecule has 6 nitrogen and oxygen atoms in total. The number of fused-ring (bicyclic) bond motifs is 16. The van der Waals surface area contributed by atoms with Gasteiger partial charge in [-0.05, 0) is 146 Å². The van der Waals surface area contributed by atoms with Crippen molar-refractivity contribution in [1.29, 1.82) is 0 Å². The van der Waals surface area contributed by atoms with Gasteiger partial charge < -0.3 is 9.13 Å². The van der Waals surface area contributed by atoms with Crippen molar-refractivity contribution in [2.45, 2.75) is 38.5 Å². The quantitative estimate of drug-likeness (QED) is 0.152. The Morgan fingerprint density at radius 2 is 0.630 bits per heavy atom. The second-order valence-corrected chi connectivity index (χ2v) is 27.6. The molecule has 0 radical (unpaired) electrons. The Morgan fingerprint density at radius 3 is 1.19 bits per heavy atom. The fourth-order valence-electron chi connectivity index (χ4n) is 16.6. The van der Waals surface area contributed by atoms with Crippen molar-refractivity contribution >= 4 is 65.4 Å². The Hall–Kier alpha value is -12.6. The van der Waals surface area contributed by atoms with E-state index in [2.05, 4.69) is 364 Å². The standard InChI is InChI=1S/2C47H33N3/c1-47(2)38-24-11-9-21-35(38)36-27-28-39-43(44(36)47)45(30-15-5-3-6-16-30)49-46(48-39)32-18-13-17-31(29-32)34-23-14-26-41-42(34)37-22-10-12-25-40(37)50(41)33-19-7-4-8-20-33;1-47(2)39-22-11-9-20-35(39)37-25-26-40-43(44(37)47)45(30-14-5-3-6-15-30)49-46(48-40)33-17-13-16-31(28-33)32-24-27-42-38(29-32)36-21-10-12-23-41(36)50(42)34-18-7-4-8-19-34/h2*3-29H,1-2H3. The number of aromatic nitrogens is 6. The van der Waals surface area contributed by atoms with Crippen LogP contribution in [-0.2, 0) is 10.8 Å². The van der Waals surface area contributed by atoms with Crippen LogP contribution in [0.4, 0.5) is 0 Å². The van der Waals surface area contributed by atoms with Crippen molar-refractivity contribution in [2.24, 2.45) is 0 Å². The number of para-hydroxylation sites is 4. The third kappa shape index (κ3) is 9.24. The fourth-order valence-corrected chi connectivity index (χ4v) is 16.6. The molecule has 2 aliphatic carbocycles. The van der Waals surface area contributed by atoms with Crippen molar-refractivity contribution < 1.29 is 0 Å². The summed E-state index contributed by atoms with van der Waals surface area (Å²) >= 11 is 0. The van der Waals surface area contributed by atoms with Crippen LogP contribution in [0.3, 0.4) is 0 Å². The van der Waals surface area contributed by atoms with Gasteiger partial charge in [0.15, 0.2) is 11.6 Å². The van der Waals surface area contributed by atoms with Gasteiger partial charge in [-0.25, -0.2) is 19.9 Å². The van der Waals surface area contributed by atoms with Gasteiger partial charge in [-0.1, -0.05) is 276 Å². The minimum absolute atomic E-state index is 0.179. The van der Waals surface area contributed by atoms with E-state index in [1.807, 2.05) is 0 Å². The third-order valence-corrected chi connectivity index (χ3v) is 21.1. The molecule has 18 aromatic rings. The lowest BCUT2D eigenvalue weighted by Gasteiger charge is -2.24. The van der Waals surface area contributed by atoms with Crippen LogP contribution in [0.15, 0.2) is 328 Å². The molecule has 0 aliphatic heterocycles. The molecule has 100 heavy (non-hydrogen) atoms. The van der Waals surface area contributed by atoms with E-state index in [0.717, 1.165) is 95.2 Å². The van der Waals surface area contributed by atoms with Gasteiger partial charge in [0.2, 0.25) is 0 Å². The molecule has 6 heteroatoms. The van der Waals surface area contributed by atoms with Crippen LogP contribution in [0.5, 0.6) is 0 Å². The predicted octanol–water partition coefficient (Wildman–Crippen LogP) is 24.1. The second kappa shape index (κ2) is 23.0. The highest BCUT2D eigenvalue weighted by Crippen LogP contribution is 2.55. The number of nitrogens with zero attached hydrogens (tertiary/aromatic N) is 6. The van der Waals surface area contributed by atoms with Crippen molar-refractivity contribution in [2.75, 3.05) is 0 Å². The first-order valence-corrected chi connectivity index (χ1v) is 34.5. The van der Waals surface area contributed by atoms with Crippen LogP contribution in [0.2, 0.25) is 0 Å². The number of hydrogen-bond acceptors (Lipinski definition) is 4. The number of rotatable bonds is 8. The summed E-state index contributed by atoms with van der Waals surface area (Å²) in [5, 5.41) is 7.22. The minimum atomic E-state index is -0.183. The molecule has 472 valence electrons. The lowest BCUT2D eigenvalue weighted by molar-refractivity contribution is 0.666. The van der Waals surface area contributed by atoms with E-state index in [1.165, 1.54) is 93.7 Å². The summed E-state index contributed by atoms with van der Waals surface area (Å²) in [6, 6.07) is 117. The second-order valence-electron chi connectivity index (χ2n) is 27.6. The van der Waals surface area contributed by atoms with Crippen LogP contribution in [0, 0.1) is 0 Å². The molecule has 0 spiro atoms. The topological polar surface area (TPSA) is 61.4 Å². The molecule has 0 unspecified atom stereocenters. The summed E-state index contributed by atoms with van der Waals surface area (Å²) in [6.45, 7) is 9.33.